The fourth-order valence-electron chi connectivity index (χ4n) is 2.07. The van der Waals surface area contributed by atoms with Crippen LogP contribution in [0, 0.1) is 0 Å². The first-order valence-electron chi connectivity index (χ1n) is 5.16. The van der Waals surface area contributed by atoms with Crippen molar-refractivity contribution in [1.82, 2.24) is 4.57 Å². The first kappa shape index (κ1) is 10.5. The van der Waals surface area contributed by atoms with Crippen molar-refractivity contribution in [1.29, 1.82) is 0 Å². The Morgan fingerprint density at radius 1 is 1.47 bits per heavy atom. The van der Waals surface area contributed by atoms with Gasteiger partial charge >= 0.3 is 0 Å². The van der Waals surface area contributed by atoms with Crippen LogP contribution in [-0.2, 0) is 19.4 Å². The number of aromatic nitrogens is 1. The van der Waals surface area contributed by atoms with Crippen molar-refractivity contribution < 1.29 is 0 Å². The van der Waals surface area contributed by atoms with Gasteiger partial charge in [0.2, 0.25) is 0 Å². The molecule has 3 heteroatoms. The van der Waals surface area contributed by atoms with E-state index >= 15 is 0 Å². The molecule has 1 aliphatic carbocycles. The average molecular weight is 224 g/mol. The van der Waals surface area contributed by atoms with Gasteiger partial charge in [-0.2, -0.15) is 0 Å². The Balaban J connectivity index is 2.41. The molecule has 0 saturated carbocycles. The molecule has 2 nitrogen and oxygen atoms in total. The van der Waals surface area contributed by atoms with Crippen molar-refractivity contribution in [2.75, 3.05) is 5.88 Å². The van der Waals surface area contributed by atoms with Crippen LogP contribution < -0.4 is 5.56 Å². The molecule has 1 aromatic rings. The van der Waals surface area contributed by atoms with Gasteiger partial charge in [0.25, 0.3) is 5.56 Å². The van der Waals surface area contributed by atoms with Crippen LogP contribution in [0.1, 0.15) is 17.7 Å². The van der Waals surface area contributed by atoms with Crippen LogP contribution in [0.4, 0.5) is 0 Å². The predicted molar refractivity (Wildman–Crippen MR) is 62.6 cm³/mol. The highest BCUT2D eigenvalue weighted by atomic mass is 35.5. The van der Waals surface area contributed by atoms with E-state index < -0.39 is 0 Å². The topological polar surface area (TPSA) is 22.0 Å². The van der Waals surface area contributed by atoms with Gasteiger partial charge in [-0.3, -0.25) is 4.79 Å². The van der Waals surface area contributed by atoms with E-state index in [4.69, 9.17) is 11.6 Å². The number of nitrogens with zero attached hydrogens (tertiary/aromatic N) is 1. The van der Waals surface area contributed by atoms with Gasteiger partial charge in [0, 0.05) is 24.2 Å². The maximum atomic E-state index is 11.7. The van der Waals surface area contributed by atoms with Crippen LogP contribution in [0.2, 0.25) is 0 Å². The highest BCUT2D eigenvalue weighted by molar-refractivity contribution is 6.19. The summed E-state index contributed by atoms with van der Waals surface area (Å²) >= 11 is 5.69. The van der Waals surface area contributed by atoms with Crippen LogP contribution in [0.5, 0.6) is 0 Å². The fraction of sp³-hybridized carbons (Fsp3) is 0.417. The summed E-state index contributed by atoms with van der Waals surface area (Å²) in [6, 6.07) is 3.59. The van der Waals surface area contributed by atoms with Gasteiger partial charge in [-0.1, -0.05) is 12.6 Å². The van der Waals surface area contributed by atoms with Crippen LogP contribution in [-0.4, -0.2) is 10.4 Å². The maximum absolute atomic E-state index is 11.7. The minimum absolute atomic E-state index is 0.0573. The third-order valence-corrected chi connectivity index (χ3v) is 3.20. The van der Waals surface area contributed by atoms with Gasteiger partial charge in [-0.15, -0.1) is 11.6 Å². The van der Waals surface area contributed by atoms with Gasteiger partial charge in [0.15, 0.2) is 0 Å². The van der Waals surface area contributed by atoms with Crippen molar-refractivity contribution in [2.24, 2.45) is 0 Å². The number of allylic oxidation sites excluding steroid dienone is 1. The zero-order chi connectivity index (χ0) is 10.8. The van der Waals surface area contributed by atoms with E-state index in [9.17, 15) is 4.79 Å². The van der Waals surface area contributed by atoms with Crippen molar-refractivity contribution in [3.05, 3.63) is 45.9 Å². The van der Waals surface area contributed by atoms with Crippen molar-refractivity contribution in [3.8, 4) is 0 Å². The number of hydrogen-bond acceptors (Lipinski definition) is 1. The smallest absolute Gasteiger partial charge is 0.251 e. The highest BCUT2D eigenvalue weighted by Gasteiger charge is 2.15. The molecule has 0 aliphatic heterocycles. The van der Waals surface area contributed by atoms with E-state index in [1.54, 1.807) is 6.07 Å². The maximum Gasteiger partial charge on any atom is 0.251 e. The Kier molecular flexibility index (Phi) is 2.96. The second-order valence-corrected chi connectivity index (χ2v) is 4.23. The summed E-state index contributed by atoms with van der Waals surface area (Å²) in [5.74, 6) is 0.413. The zero-order valence-corrected chi connectivity index (χ0v) is 9.39. The molecule has 1 heterocycles. The van der Waals surface area contributed by atoms with Gasteiger partial charge in [-0.05, 0) is 30.4 Å². The van der Waals surface area contributed by atoms with E-state index in [2.05, 4.69) is 6.58 Å². The number of aryl methyl sites for hydroxylation is 1. The van der Waals surface area contributed by atoms with E-state index in [0.29, 0.717) is 12.4 Å². The predicted octanol–water partition coefficient (Wildman–Crippen LogP) is 2.13. The molecule has 0 atom stereocenters. The largest absolute Gasteiger partial charge is 0.308 e. The summed E-state index contributed by atoms with van der Waals surface area (Å²) in [5.41, 5.74) is 3.42. The standard InChI is InChI=1S/C12H14ClNO/c1-9(7-13)8-14-11-4-2-3-10(11)5-6-12(14)15/h5-6H,1-4,7-8H2. The number of hydrogen-bond donors (Lipinski definition) is 0. The van der Waals surface area contributed by atoms with Gasteiger partial charge in [0.1, 0.15) is 0 Å². The minimum Gasteiger partial charge on any atom is -0.308 e. The number of halogens is 1. The number of rotatable bonds is 3. The molecule has 0 aromatic carbocycles. The summed E-state index contributed by atoms with van der Waals surface area (Å²) < 4.78 is 1.81. The first-order valence-corrected chi connectivity index (χ1v) is 5.70. The number of pyridine rings is 1. The fourth-order valence-corrected chi connectivity index (χ4v) is 2.16. The molecule has 0 amide bonds. The van der Waals surface area contributed by atoms with Crippen LogP contribution in [0.25, 0.3) is 0 Å². The molecule has 0 saturated heterocycles. The first-order chi connectivity index (χ1) is 7.22. The normalized spacial score (nSPS) is 13.9. The van der Waals surface area contributed by atoms with Gasteiger partial charge < -0.3 is 4.57 Å². The molecule has 1 aliphatic rings. The van der Waals surface area contributed by atoms with E-state index in [1.165, 1.54) is 11.3 Å². The minimum atomic E-state index is 0.0573. The Morgan fingerprint density at radius 2 is 2.27 bits per heavy atom. The molecule has 0 N–H and O–H groups in total. The Morgan fingerprint density at radius 3 is 3.00 bits per heavy atom. The van der Waals surface area contributed by atoms with Crippen molar-refractivity contribution >= 4 is 11.6 Å². The zero-order valence-electron chi connectivity index (χ0n) is 8.63. The average Bonchev–Trinajstić information content (AvgIpc) is 2.70. The molecular weight excluding hydrogens is 210 g/mol. The molecule has 0 spiro atoms. The van der Waals surface area contributed by atoms with Crippen molar-refractivity contribution in [3.63, 3.8) is 0 Å². The molecule has 0 bridgehead atoms. The molecule has 0 radical (unpaired) electrons. The van der Waals surface area contributed by atoms with Crippen LogP contribution >= 0.6 is 11.6 Å². The summed E-state index contributed by atoms with van der Waals surface area (Å²) in [6.07, 6.45) is 3.23. The second-order valence-electron chi connectivity index (χ2n) is 3.97. The summed E-state index contributed by atoms with van der Waals surface area (Å²) in [6.45, 7) is 4.40. The number of fused-ring (bicyclic) bond motifs is 1. The monoisotopic (exact) mass is 223 g/mol. The molecule has 0 fully saturated rings. The molecule has 0 unspecified atom stereocenters. The summed E-state index contributed by atoms with van der Waals surface area (Å²) in [4.78, 5) is 11.7. The van der Waals surface area contributed by atoms with E-state index in [1.807, 2.05) is 10.6 Å². The molecule has 15 heavy (non-hydrogen) atoms. The number of alkyl halides is 1. The third kappa shape index (κ3) is 2.00. The lowest BCUT2D eigenvalue weighted by molar-refractivity contribution is 0.700. The van der Waals surface area contributed by atoms with Crippen LogP contribution in [0.15, 0.2) is 29.1 Å². The van der Waals surface area contributed by atoms with Crippen molar-refractivity contribution in [2.45, 2.75) is 25.8 Å². The molecule has 1 aromatic heterocycles. The molecule has 80 valence electrons. The molecule has 2 rings (SSSR count). The van der Waals surface area contributed by atoms with Gasteiger partial charge in [0.05, 0.1) is 0 Å². The Labute approximate surface area is 94.2 Å². The lowest BCUT2D eigenvalue weighted by Crippen LogP contribution is -2.23. The van der Waals surface area contributed by atoms with Gasteiger partial charge in [-0.25, -0.2) is 0 Å². The lowest BCUT2D eigenvalue weighted by atomic mass is 10.2. The summed E-state index contributed by atoms with van der Waals surface area (Å²) in [7, 11) is 0. The summed E-state index contributed by atoms with van der Waals surface area (Å²) in [5, 5.41) is 0. The van der Waals surface area contributed by atoms with Crippen LogP contribution in [0.3, 0.4) is 0 Å². The Bertz CT molecular complexity index is 447. The Hall–Kier alpha value is -1.02. The lowest BCUT2D eigenvalue weighted by Gasteiger charge is -2.12. The molecular formula is C12H14ClNO. The second kappa shape index (κ2) is 4.23. The van der Waals surface area contributed by atoms with E-state index in [-0.39, 0.29) is 5.56 Å². The quantitative estimate of drug-likeness (QED) is 0.569. The third-order valence-electron chi connectivity index (χ3n) is 2.82. The highest BCUT2D eigenvalue weighted by Crippen LogP contribution is 2.20. The van der Waals surface area contributed by atoms with E-state index in [0.717, 1.165) is 24.8 Å². The SMILES string of the molecule is C=C(CCl)Cn1c2c(ccc1=O)CCC2.